The van der Waals surface area contributed by atoms with Crippen LogP contribution in [0, 0.1) is 13.8 Å². The number of piperidine rings is 1. The number of halogens is 3. The highest BCUT2D eigenvalue weighted by atomic mass is 32.1. The molecule has 4 aromatic rings. The number of hydrogen-bond donors (Lipinski definition) is 2. The van der Waals surface area contributed by atoms with E-state index in [0.29, 0.717) is 22.1 Å². The third kappa shape index (κ3) is 6.86. The lowest BCUT2D eigenvalue weighted by Crippen LogP contribution is -2.51. The van der Waals surface area contributed by atoms with E-state index in [-0.39, 0.29) is 16.9 Å². The summed E-state index contributed by atoms with van der Waals surface area (Å²) in [7, 11) is 0. The van der Waals surface area contributed by atoms with Crippen LogP contribution in [0.4, 0.5) is 24.9 Å². The number of likely N-dealkylation sites (tertiary alicyclic amines) is 1. The number of alkyl halides is 3. The Balaban J connectivity index is 0.969. The van der Waals surface area contributed by atoms with Crippen LogP contribution in [0.25, 0.3) is 21.1 Å². The van der Waals surface area contributed by atoms with Crippen LogP contribution in [0.3, 0.4) is 0 Å². The Morgan fingerprint density at radius 1 is 0.978 bits per heavy atom. The van der Waals surface area contributed by atoms with E-state index in [1.54, 1.807) is 6.07 Å². The SMILES string of the molecule is Cc1c(CN2CCC(Nc3nc(N)nc4sc(CC(F)(F)F)cc34)CC2)ccc2c1cc(C)n2C[C@H](C)N1CCN(C2CC2)CC1. The summed E-state index contributed by atoms with van der Waals surface area (Å²) < 4.78 is 41.5. The highest BCUT2D eigenvalue weighted by molar-refractivity contribution is 7.18. The number of aryl methyl sites for hydroxylation is 2. The van der Waals surface area contributed by atoms with Gasteiger partial charge in [0.25, 0.3) is 0 Å². The maximum Gasteiger partial charge on any atom is 0.393 e. The first kappa shape index (κ1) is 31.7. The van der Waals surface area contributed by atoms with Gasteiger partial charge in [0, 0.05) is 92.0 Å². The van der Waals surface area contributed by atoms with E-state index >= 15 is 0 Å². The molecule has 5 heterocycles. The number of aromatic nitrogens is 3. The summed E-state index contributed by atoms with van der Waals surface area (Å²) in [6.07, 6.45) is -0.643. The molecule has 3 N–H and O–H groups in total. The van der Waals surface area contributed by atoms with Gasteiger partial charge in [0.2, 0.25) is 5.95 Å². The molecule has 0 radical (unpaired) electrons. The monoisotopic (exact) mass is 654 g/mol. The molecule has 8 nitrogen and oxygen atoms in total. The van der Waals surface area contributed by atoms with Crippen molar-refractivity contribution in [2.24, 2.45) is 0 Å². The summed E-state index contributed by atoms with van der Waals surface area (Å²) in [5.41, 5.74) is 11.3. The lowest BCUT2D eigenvalue weighted by molar-refractivity contribution is -0.126. The molecule has 1 aliphatic carbocycles. The number of nitrogens with two attached hydrogens (primary N) is 1. The highest BCUT2D eigenvalue weighted by Gasteiger charge is 2.33. The van der Waals surface area contributed by atoms with E-state index in [1.807, 2.05) is 0 Å². The Morgan fingerprint density at radius 2 is 1.72 bits per heavy atom. The van der Waals surface area contributed by atoms with E-state index in [4.69, 9.17) is 5.73 Å². The molecule has 0 unspecified atom stereocenters. The molecule has 248 valence electrons. The second-order valence-corrected chi connectivity index (χ2v) is 14.8. The van der Waals surface area contributed by atoms with Crippen molar-refractivity contribution in [1.82, 2.24) is 29.2 Å². The first-order chi connectivity index (χ1) is 22.0. The Morgan fingerprint density at radius 3 is 2.41 bits per heavy atom. The molecule has 1 saturated carbocycles. The third-order valence-electron chi connectivity index (χ3n) is 10.3. The van der Waals surface area contributed by atoms with Crippen LogP contribution >= 0.6 is 11.3 Å². The first-order valence-electron chi connectivity index (χ1n) is 16.7. The molecule has 3 fully saturated rings. The van der Waals surface area contributed by atoms with Crippen LogP contribution in [0.2, 0.25) is 0 Å². The number of piperazine rings is 1. The zero-order chi connectivity index (χ0) is 32.2. The minimum atomic E-state index is -4.27. The Kier molecular flexibility index (Phi) is 8.67. The number of nitrogens with zero attached hydrogens (tertiary/aromatic N) is 6. The lowest BCUT2D eigenvalue weighted by atomic mass is 10.0. The summed E-state index contributed by atoms with van der Waals surface area (Å²) in [5, 5.41) is 5.44. The van der Waals surface area contributed by atoms with Crippen molar-refractivity contribution in [3.63, 3.8) is 0 Å². The van der Waals surface area contributed by atoms with Gasteiger partial charge in [0.15, 0.2) is 0 Å². The number of anilines is 2. The first-order valence-corrected chi connectivity index (χ1v) is 17.5. The number of thiophene rings is 1. The van der Waals surface area contributed by atoms with Gasteiger partial charge in [-0.1, -0.05) is 6.07 Å². The topological polar surface area (TPSA) is 78.5 Å². The van der Waals surface area contributed by atoms with Gasteiger partial charge in [0.1, 0.15) is 10.6 Å². The number of benzene rings is 1. The maximum atomic E-state index is 13.0. The molecule has 1 aromatic carbocycles. The zero-order valence-electron chi connectivity index (χ0n) is 27.0. The minimum absolute atomic E-state index is 0.0731. The van der Waals surface area contributed by atoms with Crippen LogP contribution < -0.4 is 11.1 Å². The molecule has 2 saturated heterocycles. The quantitative estimate of drug-likeness (QED) is 0.223. The largest absolute Gasteiger partial charge is 0.393 e. The normalized spacial score (nSPS) is 20.2. The van der Waals surface area contributed by atoms with Gasteiger partial charge >= 0.3 is 6.18 Å². The molecule has 3 aromatic heterocycles. The standard InChI is InChI=1S/C34H45F3N8S/c1-21-16-28-23(3)24(4-7-30(28)45(21)19-22(2)43-12-14-44(15-13-43)26-5-6-26)20-42-10-8-25(9-11-42)39-31-29-17-27(18-34(35,36)37)46-32(29)41-33(38)40-31/h4,7,16-17,22,25-26H,5-6,8-15,18-20H2,1-3H3,(H3,38,39,40,41)/t22-/m0/s1. The van der Waals surface area contributed by atoms with Crippen LogP contribution in [0.15, 0.2) is 24.3 Å². The van der Waals surface area contributed by atoms with E-state index < -0.39 is 12.6 Å². The van der Waals surface area contributed by atoms with Crippen molar-refractivity contribution < 1.29 is 13.2 Å². The highest BCUT2D eigenvalue weighted by Crippen LogP contribution is 2.35. The summed E-state index contributed by atoms with van der Waals surface area (Å²) >= 11 is 1.03. The predicted molar refractivity (Wildman–Crippen MR) is 181 cm³/mol. The van der Waals surface area contributed by atoms with E-state index in [9.17, 15) is 13.2 Å². The van der Waals surface area contributed by atoms with Crippen molar-refractivity contribution in [1.29, 1.82) is 0 Å². The average Bonchev–Trinajstić information content (AvgIpc) is 3.71. The van der Waals surface area contributed by atoms with Gasteiger partial charge in [-0.2, -0.15) is 18.2 Å². The van der Waals surface area contributed by atoms with E-state index in [2.05, 4.69) is 73.5 Å². The van der Waals surface area contributed by atoms with Gasteiger partial charge in [-0.3, -0.25) is 14.7 Å². The van der Waals surface area contributed by atoms with E-state index in [1.165, 1.54) is 66.7 Å². The van der Waals surface area contributed by atoms with Crippen molar-refractivity contribution in [3.8, 4) is 0 Å². The molecule has 0 amide bonds. The summed E-state index contributed by atoms with van der Waals surface area (Å²) in [6.45, 7) is 15.4. The Bertz CT molecular complexity index is 1690. The molecule has 0 bridgehead atoms. The molecular formula is C34H45F3N8S. The fraction of sp³-hybridized carbons (Fsp3) is 0.588. The maximum absolute atomic E-state index is 13.0. The van der Waals surface area contributed by atoms with Crippen LogP contribution in [-0.2, 0) is 19.5 Å². The number of fused-ring (bicyclic) bond motifs is 2. The minimum Gasteiger partial charge on any atom is -0.368 e. The van der Waals surface area contributed by atoms with Crippen molar-refractivity contribution in [2.75, 3.05) is 50.3 Å². The molecular weight excluding hydrogens is 609 g/mol. The number of nitrogen functional groups attached to an aromatic ring is 1. The van der Waals surface area contributed by atoms with Crippen LogP contribution in [-0.4, -0.2) is 92.8 Å². The second-order valence-electron chi connectivity index (χ2n) is 13.7. The van der Waals surface area contributed by atoms with Gasteiger partial charge in [-0.25, -0.2) is 4.98 Å². The Labute approximate surface area is 272 Å². The van der Waals surface area contributed by atoms with E-state index in [0.717, 1.165) is 56.4 Å². The molecule has 2 aliphatic heterocycles. The van der Waals surface area contributed by atoms with Gasteiger partial charge in [-0.15, -0.1) is 11.3 Å². The molecule has 46 heavy (non-hydrogen) atoms. The second kappa shape index (κ2) is 12.6. The molecule has 3 aliphatic rings. The zero-order valence-corrected chi connectivity index (χ0v) is 27.9. The molecule has 7 rings (SSSR count). The van der Waals surface area contributed by atoms with Crippen molar-refractivity contribution in [3.05, 3.63) is 46.0 Å². The van der Waals surface area contributed by atoms with Crippen molar-refractivity contribution in [2.45, 2.75) is 90.3 Å². The number of rotatable bonds is 9. The van der Waals surface area contributed by atoms with Crippen LogP contribution in [0.1, 0.15) is 54.3 Å². The Hall–Kier alpha value is -2.93. The summed E-state index contributed by atoms with van der Waals surface area (Å²) in [5.74, 6) is 0.602. The predicted octanol–water partition coefficient (Wildman–Crippen LogP) is 6.19. The van der Waals surface area contributed by atoms with Gasteiger partial charge in [0.05, 0.1) is 11.8 Å². The van der Waals surface area contributed by atoms with Crippen molar-refractivity contribution >= 4 is 44.2 Å². The fourth-order valence-electron chi connectivity index (χ4n) is 7.48. The fourth-order valence-corrected chi connectivity index (χ4v) is 8.55. The van der Waals surface area contributed by atoms with Gasteiger partial charge in [-0.05, 0) is 75.8 Å². The summed E-state index contributed by atoms with van der Waals surface area (Å²) in [4.78, 5) is 17.1. The molecule has 1 atom stereocenters. The third-order valence-corrected chi connectivity index (χ3v) is 11.3. The molecule has 12 heteroatoms. The number of nitrogens with one attached hydrogen (secondary N) is 1. The number of hydrogen-bond acceptors (Lipinski definition) is 8. The van der Waals surface area contributed by atoms with Gasteiger partial charge < -0.3 is 15.6 Å². The smallest absolute Gasteiger partial charge is 0.368 e. The molecule has 0 spiro atoms. The average molecular weight is 655 g/mol. The lowest BCUT2D eigenvalue weighted by Gasteiger charge is -2.38. The van der Waals surface area contributed by atoms with Crippen LogP contribution in [0.5, 0.6) is 0 Å². The summed E-state index contributed by atoms with van der Waals surface area (Å²) in [6, 6.07) is 10.1.